The Labute approximate surface area is 166 Å². The lowest BCUT2D eigenvalue weighted by Crippen LogP contribution is -2.26. The van der Waals surface area contributed by atoms with Crippen LogP contribution in [0.15, 0.2) is 89.2 Å². The molecule has 29 heavy (non-hydrogen) atoms. The quantitative estimate of drug-likeness (QED) is 0.528. The van der Waals surface area contributed by atoms with E-state index in [-0.39, 0.29) is 0 Å². The normalized spacial score (nSPS) is 14.7. The third-order valence-corrected chi connectivity index (χ3v) is 4.72. The first-order valence-corrected chi connectivity index (χ1v) is 9.16. The van der Waals surface area contributed by atoms with Crippen molar-refractivity contribution in [3.63, 3.8) is 0 Å². The molecule has 4 aromatic rings. The molecule has 142 valence electrons. The van der Waals surface area contributed by atoms with Gasteiger partial charge in [0.1, 0.15) is 5.52 Å². The second-order valence-corrected chi connectivity index (χ2v) is 6.64. The number of hydrogen-bond acceptors (Lipinski definition) is 6. The van der Waals surface area contributed by atoms with Crippen molar-refractivity contribution in [2.75, 3.05) is 5.32 Å². The topological polar surface area (TPSA) is 82.3 Å². The predicted octanol–water partition coefficient (Wildman–Crippen LogP) is 4.88. The zero-order chi connectivity index (χ0) is 19.8. The molecule has 7 heteroatoms. The minimum atomic E-state index is 0.657. The molecule has 0 unspecified atom stereocenters. The summed E-state index contributed by atoms with van der Waals surface area (Å²) in [5.74, 6) is 0.657. The molecule has 1 aliphatic rings. The number of allylic oxidation sites excluding steroid dienone is 1. The summed E-state index contributed by atoms with van der Waals surface area (Å²) in [4.78, 5) is 10.9. The number of amidine groups is 1. The van der Waals surface area contributed by atoms with Crippen molar-refractivity contribution in [1.29, 1.82) is 0 Å². The number of oxazole rings is 1. The lowest BCUT2D eigenvalue weighted by Gasteiger charge is -2.26. The maximum Gasteiger partial charge on any atom is 0.181 e. The fraction of sp³-hybridized carbons (Fsp3) is 0.0455. The maximum atomic E-state index is 5.40. The van der Waals surface area contributed by atoms with Gasteiger partial charge in [-0.1, -0.05) is 24.8 Å². The van der Waals surface area contributed by atoms with Crippen molar-refractivity contribution >= 4 is 39.2 Å². The van der Waals surface area contributed by atoms with E-state index >= 15 is 0 Å². The monoisotopic (exact) mass is 382 g/mol. The Morgan fingerprint density at radius 2 is 2.14 bits per heavy atom. The van der Waals surface area contributed by atoms with E-state index in [0.717, 1.165) is 39.1 Å². The summed E-state index contributed by atoms with van der Waals surface area (Å²) in [6.45, 7) is 6.17. The molecular weight excluding hydrogens is 364 g/mol. The van der Waals surface area contributed by atoms with Gasteiger partial charge in [-0.15, -0.1) is 0 Å². The van der Waals surface area contributed by atoms with Crippen LogP contribution in [0.4, 0.5) is 5.69 Å². The highest BCUT2D eigenvalue weighted by atomic mass is 16.3. The molecule has 5 rings (SSSR count). The van der Waals surface area contributed by atoms with E-state index in [1.165, 1.54) is 6.39 Å². The molecule has 0 saturated heterocycles. The van der Waals surface area contributed by atoms with Crippen LogP contribution in [0.2, 0.25) is 0 Å². The number of aromatic amines is 1. The average Bonchev–Trinajstić information content (AvgIpc) is 3.39. The van der Waals surface area contributed by atoms with Gasteiger partial charge in [0, 0.05) is 35.1 Å². The van der Waals surface area contributed by atoms with Crippen molar-refractivity contribution in [2.45, 2.75) is 6.92 Å². The molecule has 2 N–H and O–H groups in total. The summed E-state index contributed by atoms with van der Waals surface area (Å²) in [5.41, 5.74) is 5.87. The van der Waals surface area contributed by atoms with Crippen molar-refractivity contribution in [1.82, 2.24) is 20.1 Å². The Kier molecular flexibility index (Phi) is 3.98. The van der Waals surface area contributed by atoms with E-state index in [9.17, 15) is 0 Å². The van der Waals surface area contributed by atoms with Crippen molar-refractivity contribution < 1.29 is 4.42 Å². The van der Waals surface area contributed by atoms with Crippen molar-refractivity contribution in [3.05, 3.63) is 85.3 Å². The van der Waals surface area contributed by atoms with Crippen LogP contribution in [0.5, 0.6) is 0 Å². The number of anilines is 1. The first-order valence-electron chi connectivity index (χ1n) is 9.16. The van der Waals surface area contributed by atoms with Gasteiger partial charge < -0.3 is 14.6 Å². The number of hydrogen-bond donors (Lipinski definition) is 2. The van der Waals surface area contributed by atoms with Crippen LogP contribution >= 0.6 is 0 Å². The van der Waals surface area contributed by atoms with Crippen molar-refractivity contribution in [3.8, 4) is 0 Å². The number of benzene rings is 2. The molecule has 0 bridgehead atoms. The Bertz CT molecular complexity index is 1320. The summed E-state index contributed by atoms with van der Waals surface area (Å²) in [6.07, 6.45) is 9.11. The van der Waals surface area contributed by atoms with Gasteiger partial charge in [0.25, 0.3) is 0 Å². The molecule has 0 saturated carbocycles. The number of aliphatic imine (C=N–C) groups is 1. The fourth-order valence-corrected chi connectivity index (χ4v) is 3.24. The maximum absolute atomic E-state index is 5.40. The summed E-state index contributed by atoms with van der Waals surface area (Å²) < 4.78 is 5.40. The molecule has 0 amide bonds. The number of H-pyrrole nitrogens is 1. The third kappa shape index (κ3) is 3.08. The molecule has 0 aliphatic carbocycles. The number of rotatable bonds is 3. The van der Waals surface area contributed by atoms with Crippen LogP contribution in [0.1, 0.15) is 12.5 Å². The molecule has 0 radical (unpaired) electrons. The molecule has 3 heterocycles. The van der Waals surface area contributed by atoms with Crippen LogP contribution in [0.3, 0.4) is 0 Å². The Balaban J connectivity index is 1.54. The van der Waals surface area contributed by atoms with Crippen LogP contribution in [-0.4, -0.2) is 25.9 Å². The average molecular weight is 382 g/mol. The van der Waals surface area contributed by atoms with Gasteiger partial charge in [-0.2, -0.15) is 5.10 Å². The SMILES string of the molecule is C=C1C(Nc2ccc3ncoc3c2)=NC(c2ccc3cn[nH]c3c2)=CN1/C=C\C. The van der Waals surface area contributed by atoms with Crippen LogP contribution in [0.25, 0.3) is 27.7 Å². The number of fused-ring (bicyclic) bond motifs is 2. The van der Waals surface area contributed by atoms with E-state index in [1.807, 2.05) is 66.7 Å². The molecule has 7 nitrogen and oxygen atoms in total. The van der Waals surface area contributed by atoms with Gasteiger partial charge in [0.2, 0.25) is 0 Å². The summed E-state index contributed by atoms with van der Waals surface area (Å²) in [6, 6.07) is 11.8. The largest absolute Gasteiger partial charge is 0.443 e. The van der Waals surface area contributed by atoms with Gasteiger partial charge in [0.05, 0.1) is 23.1 Å². The first-order chi connectivity index (χ1) is 14.2. The van der Waals surface area contributed by atoms with Crippen LogP contribution in [0, 0.1) is 0 Å². The summed E-state index contributed by atoms with van der Waals surface area (Å²) >= 11 is 0. The predicted molar refractivity (Wildman–Crippen MR) is 115 cm³/mol. The lowest BCUT2D eigenvalue weighted by molar-refractivity contribution is 0.602. The Morgan fingerprint density at radius 3 is 3.03 bits per heavy atom. The molecule has 0 spiro atoms. The van der Waals surface area contributed by atoms with Gasteiger partial charge in [-0.3, -0.25) is 5.10 Å². The highest BCUT2D eigenvalue weighted by Gasteiger charge is 2.19. The van der Waals surface area contributed by atoms with Crippen molar-refractivity contribution in [2.24, 2.45) is 4.99 Å². The smallest absolute Gasteiger partial charge is 0.181 e. The molecule has 0 fully saturated rings. The van der Waals surface area contributed by atoms with E-state index in [1.54, 1.807) is 6.20 Å². The Morgan fingerprint density at radius 1 is 1.21 bits per heavy atom. The second kappa shape index (κ2) is 6.79. The number of nitrogens with one attached hydrogen (secondary N) is 2. The zero-order valence-electron chi connectivity index (χ0n) is 15.8. The van der Waals surface area contributed by atoms with Crippen LogP contribution < -0.4 is 5.32 Å². The molecule has 2 aromatic carbocycles. The fourth-order valence-electron chi connectivity index (χ4n) is 3.24. The van der Waals surface area contributed by atoms with Gasteiger partial charge >= 0.3 is 0 Å². The Hall–Kier alpha value is -4.13. The molecule has 1 aliphatic heterocycles. The van der Waals surface area contributed by atoms with E-state index in [0.29, 0.717) is 11.4 Å². The standard InChI is InChI=1S/C22H18N6O/c1-3-8-28-12-20(15-4-5-16-11-24-27-19(16)9-15)26-22(14(28)2)25-17-6-7-18-21(10-17)29-13-23-18/h3-13H,2H2,1H3,(H,24,27)(H,25,26)/b8-3-. The molecule has 0 atom stereocenters. The van der Waals surface area contributed by atoms with E-state index in [2.05, 4.69) is 27.1 Å². The van der Waals surface area contributed by atoms with Crippen LogP contribution in [-0.2, 0) is 0 Å². The molecular formula is C22H18N6O. The summed E-state index contributed by atoms with van der Waals surface area (Å²) in [5, 5.41) is 11.5. The number of aromatic nitrogens is 3. The van der Waals surface area contributed by atoms with E-state index in [4.69, 9.17) is 9.41 Å². The zero-order valence-corrected chi connectivity index (χ0v) is 15.8. The highest BCUT2D eigenvalue weighted by Crippen LogP contribution is 2.28. The highest BCUT2D eigenvalue weighted by molar-refractivity contribution is 6.11. The van der Waals surface area contributed by atoms with Gasteiger partial charge in [0.15, 0.2) is 17.8 Å². The summed E-state index contributed by atoms with van der Waals surface area (Å²) in [7, 11) is 0. The lowest BCUT2D eigenvalue weighted by atomic mass is 10.1. The minimum absolute atomic E-state index is 0.657. The van der Waals surface area contributed by atoms with Gasteiger partial charge in [-0.25, -0.2) is 9.98 Å². The molecule has 2 aromatic heterocycles. The first kappa shape index (κ1) is 17.0. The second-order valence-electron chi connectivity index (χ2n) is 6.64. The van der Waals surface area contributed by atoms with E-state index < -0.39 is 0 Å². The van der Waals surface area contributed by atoms with Gasteiger partial charge in [-0.05, 0) is 25.1 Å². The third-order valence-electron chi connectivity index (χ3n) is 4.72. The number of nitrogens with zero attached hydrogens (tertiary/aromatic N) is 4. The minimum Gasteiger partial charge on any atom is -0.443 e.